The second-order valence-electron chi connectivity index (χ2n) is 4.44. The highest BCUT2D eigenvalue weighted by Crippen LogP contribution is 2.29. The van der Waals surface area contributed by atoms with Gasteiger partial charge in [0.2, 0.25) is 0 Å². The lowest BCUT2D eigenvalue weighted by Gasteiger charge is -2.28. The summed E-state index contributed by atoms with van der Waals surface area (Å²) >= 11 is 0. The van der Waals surface area contributed by atoms with Crippen molar-refractivity contribution in [3.05, 3.63) is 12.2 Å². The molecule has 4 heteroatoms. The zero-order valence-corrected chi connectivity index (χ0v) is 10.6. The normalized spacial score (nSPS) is 12.0. The number of hydrogen-bond donors (Lipinski definition) is 1. The van der Waals surface area contributed by atoms with Crippen LogP contribution in [0.25, 0.3) is 0 Å². The molecule has 0 aliphatic rings. The van der Waals surface area contributed by atoms with Crippen molar-refractivity contribution in [1.82, 2.24) is 14.8 Å². The van der Waals surface area contributed by atoms with Gasteiger partial charge in [-0.25, -0.2) is 4.98 Å². The van der Waals surface area contributed by atoms with Crippen LogP contribution < -0.4 is 0 Å². The molecule has 1 aromatic heterocycles. The summed E-state index contributed by atoms with van der Waals surface area (Å²) in [4.78, 5) is 4.30. The van der Waals surface area contributed by atoms with Gasteiger partial charge in [-0.15, -0.1) is 0 Å². The minimum Gasteiger partial charge on any atom is -0.396 e. The van der Waals surface area contributed by atoms with Crippen LogP contribution >= 0.6 is 0 Å². The van der Waals surface area contributed by atoms with Crippen LogP contribution in [-0.2, 0) is 13.0 Å². The summed E-state index contributed by atoms with van der Waals surface area (Å²) in [5.74, 6) is 1.000. The Balaban J connectivity index is 2.80. The predicted molar refractivity (Wildman–Crippen MR) is 64.1 cm³/mol. The van der Waals surface area contributed by atoms with Crippen molar-refractivity contribution in [2.75, 3.05) is 6.61 Å². The fourth-order valence-corrected chi connectivity index (χ4v) is 1.94. The summed E-state index contributed by atoms with van der Waals surface area (Å²) < 4.78 is 1.95. The molecule has 4 nitrogen and oxygen atoms in total. The first kappa shape index (κ1) is 13.2. The molecule has 92 valence electrons. The van der Waals surface area contributed by atoms with E-state index < -0.39 is 0 Å². The smallest absolute Gasteiger partial charge is 0.138 e. The molecule has 0 bridgehead atoms. The van der Waals surface area contributed by atoms with Crippen molar-refractivity contribution in [3.8, 4) is 0 Å². The Morgan fingerprint density at radius 3 is 2.50 bits per heavy atom. The maximum Gasteiger partial charge on any atom is 0.138 e. The third-order valence-electron chi connectivity index (χ3n) is 3.50. The van der Waals surface area contributed by atoms with Crippen LogP contribution in [0.15, 0.2) is 6.33 Å². The molecule has 1 rings (SSSR count). The molecule has 1 heterocycles. The summed E-state index contributed by atoms with van der Waals surface area (Å²) in [6, 6.07) is 0. The SMILES string of the molecule is CCCn1ncnc1CC(CC)(CC)CO. The number of rotatable bonds is 7. The minimum atomic E-state index is -0.0292. The van der Waals surface area contributed by atoms with Crippen LogP contribution in [0.5, 0.6) is 0 Å². The first-order valence-corrected chi connectivity index (χ1v) is 6.19. The van der Waals surface area contributed by atoms with Gasteiger partial charge in [0.25, 0.3) is 0 Å². The highest BCUT2D eigenvalue weighted by Gasteiger charge is 2.27. The minimum absolute atomic E-state index is 0.0292. The Labute approximate surface area is 97.7 Å². The number of aromatic nitrogens is 3. The number of aliphatic hydroxyl groups is 1. The number of hydrogen-bond acceptors (Lipinski definition) is 3. The summed E-state index contributed by atoms with van der Waals surface area (Å²) in [7, 11) is 0. The highest BCUT2D eigenvalue weighted by atomic mass is 16.3. The molecule has 0 aromatic carbocycles. The van der Waals surface area contributed by atoms with E-state index in [2.05, 4.69) is 30.9 Å². The average molecular weight is 225 g/mol. The van der Waals surface area contributed by atoms with E-state index in [1.54, 1.807) is 6.33 Å². The lowest BCUT2D eigenvalue weighted by molar-refractivity contribution is 0.111. The van der Waals surface area contributed by atoms with Crippen LogP contribution in [-0.4, -0.2) is 26.5 Å². The van der Waals surface area contributed by atoms with Gasteiger partial charge in [0.05, 0.1) is 0 Å². The van der Waals surface area contributed by atoms with E-state index in [1.165, 1.54) is 0 Å². The number of nitrogens with zero attached hydrogens (tertiary/aromatic N) is 3. The Morgan fingerprint density at radius 1 is 1.31 bits per heavy atom. The second kappa shape index (κ2) is 5.99. The van der Waals surface area contributed by atoms with E-state index in [1.807, 2.05) is 4.68 Å². The van der Waals surface area contributed by atoms with Gasteiger partial charge in [0, 0.05) is 25.0 Å². The largest absolute Gasteiger partial charge is 0.396 e. The summed E-state index contributed by atoms with van der Waals surface area (Å²) in [6.07, 6.45) is 5.42. The third kappa shape index (κ3) is 2.82. The maximum absolute atomic E-state index is 9.54. The molecule has 16 heavy (non-hydrogen) atoms. The van der Waals surface area contributed by atoms with Crippen molar-refractivity contribution in [2.24, 2.45) is 5.41 Å². The standard InChI is InChI=1S/C12H23N3O/c1-4-7-15-11(13-10-14-15)8-12(5-2,6-3)9-16/h10,16H,4-9H2,1-3H3. The molecule has 0 amide bonds. The zero-order valence-electron chi connectivity index (χ0n) is 10.6. The van der Waals surface area contributed by atoms with Crippen molar-refractivity contribution < 1.29 is 5.11 Å². The van der Waals surface area contributed by atoms with Gasteiger partial charge >= 0.3 is 0 Å². The predicted octanol–water partition coefficient (Wildman–Crippen LogP) is 2.03. The zero-order chi connectivity index (χ0) is 12.0. The van der Waals surface area contributed by atoms with Gasteiger partial charge in [-0.05, 0) is 19.3 Å². The topological polar surface area (TPSA) is 50.9 Å². The van der Waals surface area contributed by atoms with Crippen LogP contribution in [0.3, 0.4) is 0 Å². The lowest BCUT2D eigenvalue weighted by atomic mass is 9.80. The van der Waals surface area contributed by atoms with Crippen molar-refractivity contribution in [1.29, 1.82) is 0 Å². The Kier molecular flexibility index (Phi) is 4.93. The molecule has 0 saturated heterocycles. The molecule has 0 radical (unpaired) electrons. The van der Waals surface area contributed by atoms with Gasteiger partial charge in [-0.2, -0.15) is 5.10 Å². The van der Waals surface area contributed by atoms with Crippen LogP contribution in [0, 0.1) is 5.41 Å². The van der Waals surface area contributed by atoms with Crippen molar-refractivity contribution in [3.63, 3.8) is 0 Å². The average Bonchev–Trinajstić information content (AvgIpc) is 2.74. The Bertz CT molecular complexity index is 297. The van der Waals surface area contributed by atoms with Gasteiger partial charge in [0.1, 0.15) is 12.2 Å². The Hall–Kier alpha value is -0.900. The molecule has 0 spiro atoms. The van der Waals surface area contributed by atoms with Crippen LogP contribution in [0.1, 0.15) is 45.9 Å². The maximum atomic E-state index is 9.54. The van der Waals surface area contributed by atoms with Crippen molar-refractivity contribution in [2.45, 2.75) is 53.0 Å². The monoisotopic (exact) mass is 225 g/mol. The van der Waals surface area contributed by atoms with Gasteiger partial charge in [-0.3, -0.25) is 4.68 Å². The highest BCUT2D eigenvalue weighted by molar-refractivity contribution is 4.93. The van der Waals surface area contributed by atoms with E-state index in [0.29, 0.717) is 0 Å². The first-order chi connectivity index (χ1) is 7.71. The molecule has 0 saturated carbocycles. The summed E-state index contributed by atoms with van der Waals surface area (Å²) in [5, 5.41) is 13.8. The molecule has 0 unspecified atom stereocenters. The first-order valence-electron chi connectivity index (χ1n) is 6.19. The van der Waals surface area contributed by atoms with E-state index >= 15 is 0 Å². The molecule has 0 aliphatic carbocycles. The van der Waals surface area contributed by atoms with Crippen molar-refractivity contribution >= 4 is 0 Å². The molecule has 0 fully saturated rings. The third-order valence-corrected chi connectivity index (χ3v) is 3.50. The fraction of sp³-hybridized carbons (Fsp3) is 0.833. The second-order valence-corrected chi connectivity index (χ2v) is 4.44. The summed E-state index contributed by atoms with van der Waals surface area (Å²) in [5.41, 5.74) is -0.0292. The van der Waals surface area contributed by atoms with E-state index in [9.17, 15) is 5.11 Å². The van der Waals surface area contributed by atoms with E-state index in [0.717, 1.165) is 38.1 Å². The van der Waals surface area contributed by atoms with Gasteiger partial charge in [0.15, 0.2) is 0 Å². The quantitative estimate of drug-likeness (QED) is 0.772. The molecular formula is C12H23N3O. The molecule has 0 aliphatic heterocycles. The number of aliphatic hydroxyl groups excluding tert-OH is 1. The fourth-order valence-electron chi connectivity index (χ4n) is 1.94. The molecular weight excluding hydrogens is 202 g/mol. The van der Waals surface area contributed by atoms with Gasteiger partial charge in [-0.1, -0.05) is 20.8 Å². The number of aryl methyl sites for hydroxylation is 1. The van der Waals surface area contributed by atoms with E-state index in [4.69, 9.17) is 0 Å². The summed E-state index contributed by atoms with van der Waals surface area (Å²) in [6.45, 7) is 7.51. The molecule has 0 atom stereocenters. The molecule has 1 N–H and O–H groups in total. The van der Waals surface area contributed by atoms with Crippen LogP contribution in [0.2, 0.25) is 0 Å². The van der Waals surface area contributed by atoms with E-state index in [-0.39, 0.29) is 12.0 Å². The Morgan fingerprint density at radius 2 is 2.00 bits per heavy atom. The lowest BCUT2D eigenvalue weighted by Crippen LogP contribution is -2.28. The molecule has 1 aromatic rings. The van der Waals surface area contributed by atoms with Crippen LogP contribution in [0.4, 0.5) is 0 Å². The van der Waals surface area contributed by atoms with Gasteiger partial charge < -0.3 is 5.11 Å².